The van der Waals surface area contributed by atoms with Crippen LogP contribution in [0.2, 0.25) is 0 Å². The maximum Gasteiger partial charge on any atom is 0.118 e. The number of hydrogen-bond donors (Lipinski definition) is 1. The highest BCUT2D eigenvalue weighted by atomic mass is 32.1. The summed E-state index contributed by atoms with van der Waals surface area (Å²) in [5.74, 6) is 0. The molecule has 0 aliphatic heterocycles. The third kappa shape index (κ3) is 4.69. The second-order valence-corrected chi connectivity index (χ2v) is 5.80. The van der Waals surface area contributed by atoms with E-state index in [2.05, 4.69) is 22.4 Å². The lowest BCUT2D eigenvalue weighted by atomic mass is 10.2. The van der Waals surface area contributed by atoms with Crippen LogP contribution in [0.25, 0.3) is 0 Å². The van der Waals surface area contributed by atoms with Crippen molar-refractivity contribution < 1.29 is 4.74 Å². The van der Waals surface area contributed by atoms with Crippen molar-refractivity contribution in [2.24, 2.45) is 0 Å². The number of ether oxygens (including phenoxy) is 1. The molecule has 1 aromatic rings. The summed E-state index contributed by atoms with van der Waals surface area (Å²) in [6.45, 7) is 3.12. The summed E-state index contributed by atoms with van der Waals surface area (Å²) < 4.78 is 5.22. The van der Waals surface area contributed by atoms with Gasteiger partial charge in [-0.05, 0) is 26.2 Å². The molecule has 96 valence electrons. The highest BCUT2D eigenvalue weighted by Crippen LogP contribution is 2.19. The molecular weight excluding hydrogens is 234 g/mol. The predicted octanol–water partition coefficient (Wildman–Crippen LogP) is 1.80. The van der Waals surface area contributed by atoms with Crippen LogP contribution >= 0.6 is 11.3 Å². The highest BCUT2D eigenvalue weighted by Gasteiger charge is 2.19. The number of aryl methyl sites for hydroxylation is 1. The van der Waals surface area contributed by atoms with Crippen molar-refractivity contribution in [3.8, 4) is 0 Å². The zero-order chi connectivity index (χ0) is 12.1. The summed E-state index contributed by atoms with van der Waals surface area (Å²) in [5.41, 5.74) is 0. The molecule has 0 spiro atoms. The lowest BCUT2D eigenvalue weighted by molar-refractivity contribution is 0.111. The summed E-state index contributed by atoms with van der Waals surface area (Å²) in [6, 6.07) is 0.782. The first-order valence-corrected chi connectivity index (χ1v) is 7.17. The summed E-state index contributed by atoms with van der Waals surface area (Å²) in [5, 5.41) is 14.2. The summed E-state index contributed by atoms with van der Waals surface area (Å²) in [7, 11) is 1.75. The average molecular weight is 255 g/mol. The molecule has 5 heteroatoms. The lowest BCUT2D eigenvalue weighted by Crippen LogP contribution is -2.19. The van der Waals surface area contributed by atoms with Crippen molar-refractivity contribution in [3.63, 3.8) is 0 Å². The zero-order valence-electron chi connectivity index (χ0n) is 10.6. The third-order valence-electron chi connectivity index (χ3n) is 3.03. The van der Waals surface area contributed by atoms with Gasteiger partial charge in [0.1, 0.15) is 10.0 Å². The van der Waals surface area contributed by atoms with E-state index in [-0.39, 0.29) is 0 Å². The molecule has 1 heterocycles. The van der Waals surface area contributed by atoms with Gasteiger partial charge in [0.25, 0.3) is 0 Å². The van der Waals surface area contributed by atoms with Gasteiger partial charge in [0.15, 0.2) is 0 Å². The highest BCUT2D eigenvalue weighted by molar-refractivity contribution is 7.11. The molecule has 0 saturated heterocycles. The zero-order valence-corrected chi connectivity index (χ0v) is 11.4. The molecule has 1 fully saturated rings. The van der Waals surface area contributed by atoms with E-state index in [9.17, 15) is 0 Å². The Kier molecular flexibility index (Phi) is 4.88. The van der Waals surface area contributed by atoms with E-state index in [0.29, 0.717) is 6.10 Å². The molecule has 1 saturated carbocycles. The first-order valence-electron chi connectivity index (χ1n) is 6.35. The summed E-state index contributed by atoms with van der Waals surface area (Å²) in [6.07, 6.45) is 5.99. The van der Waals surface area contributed by atoms with E-state index in [1.54, 1.807) is 18.4 Å². The fourth-order valence-electron chi connectivity index (χ4n) is 1.61. The van der Waals surface area contributed by atoms with E-state index in [4.69, 9.17) is 4.74 Å². The number of hydrogen-bond acceptors (Lipinski definition) is 5. The molecular formula is C12H21N3OS. The molecule has 1 N–H and O–H groups in total. The second kappa shape index (κ2) is 6.42. The Morgan fingerprint density at radius 1 is 1.35 bits per heavy atom. The summed E-state index contributed by atoms with van der Waals surface area (Å²) in [4.78, 5) is 0. The standard InChI is InChI=1S/C12H21N3OS/c1-9(16-2)3-6-11-14-15-12(17-11)7-8-13-10-4-5-10/h9-10,13H,3-8H2,1-2H3. The molecule has 1 aliphatic carbocycles. The Morgan fingerprint density at radius 2 is 2.06 bits per heavy atom. The van der Waals surface area contributed by atoms with E-state index in [1.807, 2.05) is 0 Å². The van der Waals surface area contributed by atoms with Crippen molar-refractivity contribution in [1.82, 2.24) is 15.5 Å². The van der Waals surface area contributed by atoms with Gasteiger partial charge in [0, 0.05) is 32.5 Å². The van der Waals surface area contributed by atoms with Gasteiger partial charge in [0.05, 0.1) is 6.10 Å². The normalized spacial score (nSPS) is 17.3. The molecule has 1 aromatic heterocycles. The molecule has 1 atom stereocenters. The number of nitrogens with one attached hydrogen (secondary N) is 1. The Labute approximate surface area is 107 Å². The van der Waals surface area contributed by atoms with Crippen LogP contribution in [0, 0.1) is 0 Å². The van der Waals surface area contributed by atoms with Crippen LogP contribution in [-0.4, -0.2) is 36.0 Å². The van der Waals surface area contributed by atoms with E-state index >= 15 is 0 Å². The minimum Gasteiger partial charge on any atom is -0.382 e. The smallest absolute Gasteiger partial charge is 0.118 e. The minimum absolute atomic E-state index is 0.305. The molecule has 0 aromatic carbocycles. The predicted molar refractivity (Wildman–Crippen MR) is 69.4 cm³/mol. The van der Waals surface area contributed by atoms with Gasteiger partial charge in [-0.15, -0.1) is 21.5 Å². The van der Waals surface area contributed by atoms with E-state index < -0.39 is 0 Å². The molecule has 0 radical (unpaired) electrons. The quantitative estimate of drug-likeness (QED) is 0.769. The molecule has 4 nitrogen and oxygen atoms in total. The number of rotatable bonds is 8. The Morgan fingerprint density at radius 3 is 2.71 bits per heavy atom. The molecule has 0 bridgehead atoms. The van der Waals surface area contributed by atoms with Crippen LogP contribution in [0.3, 0.4) is 0 Å². The van der Waals surface area contributed by atoms with Gasteiger partial charge in [-0.25, -0.2) is 0 Å². The molecule has 1 aliphatic rings. The second-order valence-electron chi connectivity index (χ2n) is 4.65. The molecule has 2 rings (SSSR count). The van der Waals surface area contributed by atoms with Gasteiger partial charge in [0.2, 0.25) is 0 Å². The van der Waals surface area contributed by atoms with E-state index in [1.165, 1.54) is 12.8 Å². The Hall–Kier alpha value is -0.520. The van der Waals surface area contributed by atoms with Gasteiger partial charge in [-0.2, -0.15) is 0 Å². The largest absolute Gasteiger partial charge is 0.382 e. The van der Waals surface area contributed by atoms with Gasteiger partial charge >= 0.3 is 0 Å². The molecule has 17 heavy (non-hydrogen) atoms. The van der Waals surface area contributed by atoms with Crippen LogP contribution in [0.4, 0.5) is 0 Å². The van der Waals surface area contributed by atoms with Crippen molar-refractivity contribution in [2.75, 3.05) is 13.7 Å². The average Bonchev–Trinajstić information content (AvgIpc) is 3.05. The fourth-order valence-corrected chi connectivity index (χ4v) is 2.47. The molecule has 0 amide bonds. The maximum absolute atomic E-state index is 5.22. The first kappa shape index (κ1) is 12.9. The van der Waals surface area contributed by atoms with Crippen LogP contribution in [0.15, 0.2) is 0 Å². The fraction of sp³-hybridized carbons (Fsp3) is 0.833. The van der Waals surface area contributed by atoms with Crippen molar-refractivity contribution in [2.45, 2.75) is 51.2 Å². The lowest BCUT2D eigenvalue weighted by Gasteiger charge is -2.06. The summed E-state index contributed by atoms with van der Waals surface area (Å²) >= 11 is 1.74. The van der Waals surface area contributed by atoms with Crippen LogP contribution in [-0.2, 0) is 17.6 Å². The molecule has 1 unspecified atom stereocenters. The monoisotopic (exact) mass is 255 g/mol. The van der Waals surface area contributed by atoms with Gasteiger partial charge in [-0.3, -0.25) is 0 Å². The number of methoxy groups -OCH3 is 1. The maximum atomic E-state index is 5.22. The first-order chi connectivity index (χ1) is 8.28. The Balaban J connectivity index is 1.67. The van der Waals surface area contributed by atoms with E-state index in [0.717, 1.165) is 41.9 Å². The Bertz CT molecular complexity index is 338. The van der Waals surface area contributed by atoms with Crippen molar-refractivity contribution >= 4 is 11.3 Å². The number of aromatic nitrogens is 2. The van der Waals surface area contributed by atoms with Crippen LogP contribution in [0.5, 0.6) is 0 Å². The van der Waals surface area contributed by atoms with Crippen LogP contribution < -0.4 is 5.32 Å². The SMILES string of the molecule is COC(C)CCc1nnc(CCNC2CC2)s1. The topological polar surface area (TPSA) is 47.0 Å². The van der Waals surface area contributed by atoms with Crippen LogP contribution in [0.1, 0.15) is 36.2 Å². The number of nitrogens with zero attached hydrogens (tertiary/aromatic N) is 2. The van der Waals surface area contributed by atoms with Gasteiger partial charge in [-0.1, -0.05) is 0 Å². The minimum atomic E-state index is 0.305. The third-order valence-corrected chi connectivity index (χ3v) is 4.07. The van der Waals surface area contributed by atoms with Gasteiger partial charge < -0.3 is 10.1 Å². The van der Waals surface area contributed by atoms with Crippen molar-refractivity contribution in [3.05, 3.63) is 10.0 Å². The van der Waals surface area contributed by atoms with Crippen molar-refractivity contribution in [1.29, 1.82) is 0 Å².